The average molecular weight is 2010 g/mol. The summed E-state index contributed by atoms with van der Waals surface area (Å²) < 4.78 is 90.4. The van der Waals surface area contributed by atoms with E-state index in [1.165, 1.54) is 74.1 Å². The molecule has 0 aromatic heterocycles. The first-order valence-electron chi connectivity index (χ1n) is 48.5. The predicted molar refractivity (Wildman–Crippen MR) is 519 cm³/mol. The minimum atomic E-state index is -1.60. The normalized spacial score (nSPS) is 17.3. The Morgan fingerprint density at radius 3 is 1.14 bits per heavy atom. The Balaban J connectivity index is 0.647. The molecule has 1 fully saturated rings. The number of rotatable bonds is 63. The molecule has 13 amide bonds. The smallest absolute Gasteiger partial charge is 0.416 e. The van der Waals surface area contributed by atoms with Crippen LogP contribution >= 0.6 is 0 Å². The van der Waals surface area contributed by atoms with Crippen molar-refractivity contribution in [2.75, 3.05) is 194 Å². The molecule has 9 N–H and O–H groups in total. The molecular weight excluding hydrogens is 1870 g/mol. The van der Waals surface area contributed by atoms with Gasteiger partial charge in [0.25, 0.3) is 11.8 Å². The Bertz CT molecular complexity index is 4930. The van der Waals surface area contributed by atoms with Crippen LogP contribution in [0.4, 0.5) is 32.3 Å². The lowest BCUT2D eigenvalue weighted by Crippen LogP contribution is -2.53. The van der Waals surface area contributed by atoms with E-state index < -0.39 is 102 Å². The van der Waals surface area contributed by atoms with E-state index in [9.17, 15) is 72.5 Å². The molecule has 0 aliphatic carbocycles. The van der Waals surface area contributed by atoms with Crippen LogP contribution in [-0.2, 0) is 113 Å². The molecule has 5 aliphatic rings. The highest BCUT2D eigenvalue weighted by molar-refractivity contribution is 6.08. The van der Waals surface area contributed by atoms with Gasteiger partial charge in [-0.3, -0.25) is 57.6 Å². The lowest BCUT2D eigenvalue weighted by molar-refractivity contribution is -0.140. The molecule has 0 saturated carbocycles. The van der Waals surface area contributed by atoms with E-state index in [-0.39, 0.29) is 191 Å². The first kappa shape index (κ1) is 115. The van der Waals surface area contributed by atoms with Crippen molar-refractivity contribution in [3.63, 3.8) is 0 Å². The molecule has 2 unspecified atom stereocenters. The summed E-state index contributed by atoms with van der Waals surface area (Å²) in [5.74, 6) is -5.04. The maximum atomic E-state index is 14.5. The predicted octanol–water partition coefficient (Wildman–Crippen LogP) is 6.80. The van der Waals surface area contributed by atoms with E-state index in [4.69, 9.17) is 75.8 Å². The van der Waals surface area contributed by atoms with Crippen LogP contribution in [-0.4, -0.2) is 324 Å². The van der Waals surface area contributed by atoms with Gasteiger partial charge in [0.2, 0.25) is 53.2 Å². The van der Waals surface area contributed by atoms with Crippen molar-refractivity contribution < 1.29 is 148 Å². The summed E-state index contributed by atoms with van der Waals surface area (Å²) in [6, 6.07) is 12.8. The Labute approximate surface area is 833 Å². The second kappa shape index (κ2) is 59.3. The van der Waals surface area contributed by atoms with Crippen LogP contribution in [0.1, 0.15) is 159 Å². The summed E-state index contributed by atoms with van der Waals surface area (Å²) in [6.45, 7) is 23.5. The number of nitrogens with one attached hydrogen (secondary N) is 7. The van der Waals surface area contributed by atoms with Gasteiger partial charge < -0.3 is 133 Å². The minimum Gasteiger partial charge on any atom is -0.493 e. The Hall–Kier alpha value is -12.0. The lowest BCUT2D eigenvalue weighted by Gasteiger charge is -2.31. The third-order valence-electron chi connectivity index (χ3n) is 23.8. The van der Waals surface area contributed by atoms with Gasteiger partial charge in [0.15, 0.2) is 35.5 Å². The van der Waals surface area contributed by atoms with Crippen molar-refractivity contribution in [3.05, 3.63) is 119 Å². The van der Waals surface area contributed by atoms with E-state index in [2.05, 4.69) is 37.2 Å². The van der Waals surface area contributed by atoms with E-state index in [1.807, 2.05) is 13.8 Å². The number of likely N-dealkylation sites (tertiary alicyclic amines) is 1. The van der Waals surface area contributed by atoms with Gasteiger partial charge in [-0.05, 0) is 125 Å². The molecular formula is C100H142N12O31. The molecule has 9 atom stereocenters. The molecule has 5 aliphatic heterocycles. The highest BCUT2D eigenvalue weighted by atomic mass is 16.6. The summed E-state index contributed by atoms with van der Waals surface area (Å²) in [4.78, 5) is 180. The summed E-state index contributed by atoms with van der Waals surface area (Å²) in [5, 5.41) is 43.3. The van der Waals surface area contributed by atoms with Crippen LogP contribution < -0.4 is 66.0 Å². The Morgan fingerprint density at radius 2 is 0.783 bits per heavy atom. The third-order valence-corrected chi connectivity index (χ3v) is 23.8. The first-order valence-corrected chi connectivity index (χ1v) is 48.5. The van der Waals surface area contributed by atoms with Crippen LogP contribution in [0.2, 0.25) is 0 Å². The van der Waals surface area contributed by atoms with Crippen molar-refractivity contribution in [3.8, 4) is 23.0 Å². The number of anilines is 4. The number of fused-ring (bicyclic) bond motifs is 4. The molecule has 1 saturated heterocycles. The van der Waals surface area contributed by atoms with Crippen LogP contribution in [0.5, 0.6) is 23.0 Å². The molecule has 788 valence electrons. The fraction of sp³-hybridized carbons (Fsp3) is 0.590. The van der Waals surface area contributed by atoms with Crippen molar-refractivity contribution in [1.82, 2.24) is 41.3 Å². The number of amides is 13. The van der Waals surface area contributed by atoms with Crippen molar-refractivity contribution in [2.24, 2.45) is 23.7 Å². The van der Waals surface area contributed by atoms with E-state index >= 15 is 0 Å². The zero-order valence-corrected chi connectivity index (χ0v) is 84.0. The second-order valence-corrected chi connectivity index (χ2v) is 35.8. The number of unbranched alkanes of at least 4 members (excludes halogenated alkanes) is 2. The maximum absolute atomic E-state index is 14.5. The number of ether oxygens (including phenoxy) is 16. The summed E-state index contributed by atoms with van der Waals surface area (Å²) in [6.07, 6.45) is 0.207. The van der Waals surface area contributed by atoms with Gasteiger partial charge in [-0.2, -0.15) is 0 Å². The largest absolute Gasteiger partial charge is 0.493 e. The number of benzene rings is 4. The standard InChI is InChI=1S/C100H142N12O31/c1-62(2)73-55-87(116)108(94(73)121)29-25-84(113)101-28-34-133-38-40-135-42-44-137-46-48-139-50-49-138-47-45-136-43-41-134-39-37-132-33-27-86(115)107-89(64(5)6)93(120)103-68(10)91(118)105-72-23-19-70(20-24-72)61-143-100(127)112-77-57-83(81(130-13)54-75(77)96(123)110-59-66(8)52-79(110)98(112)125)141-31-16-14-15-30-140-82-56-76-74(53-80(82)129-12)95(122)109-58-65(7)51-78(109)97(124)111(76)99(126)142-60-69-17-21-71(22-18-69)104-90(117)67(9)102-92(119)88(63(3)4)106-85(114)26-32-131-36-35-128-11/h17-24,53-54,56-59,62-64,67-68,73,78-79,88-89,97-98,124-125H,14-16,25-52,55,60-61H2,1-13H3,(H,101,113)(H,102,119)(H,103,120)(H,104,117)(H,105,118)(H,106,114)(H,107,115)/t67-,68?,73?,78-,79-,88-,89-,97-,98-/m0/s1. The molecule has 4 aromatic rings. The number of imide groups is 1. The highest BCUT2D eigenvalue weighted by Crippen LogP contribution is 2.45. The van der Waals surface area contributed by atoms with E-state index in [0.29, 0.717) is 147 Å². The van der Waals surface area contributed by atoms with Crippen molar-refractivity contribution in [1.29, 1.82) is 0 Å². The Kier molecular flexibility index (Phi) is 47.5. The average Bonchev–Trinajstić information content (AvgIpc) is 1.59. The quantitative estimate of drug-likeness (QED) is 0.0162. The Morgan fingerprint density at radius 1 is 0.413 bits per heavy atom. The zero-order chi connectivity index (χ0) is 104. The number of carbonyl (C=O) groups is 13. The van der Waals surface area contributed by atoms with Gasteiger partial charge in [-0.15, -0.1) is 0 Å². The maximum Gasteiger partial charge on any atom is 0.416 e. The van der Waals surface area contributed by atoms with Crippen LogP contribution in [0.25, 0.3) is 0 Å². The van der Waals surface area contributed by atoms with Crippen LogP contribution in [0.3, 0.4) is 0 Å². The minimum absolute atomic E-state index is 0.00416. The van der Waals surface area contributed by atoms with E-state index in [1.54, 1.807) is 102 Å². The number of aliphatic hydroxyl groups is 2. The fourth-order valence-corrected chi connectivity index (χ4v) is 15.8. The number of hydrogen-bond acceptors (Lipinski definition) is 31. The molecule has 9 rings (SSSR count). The van der Waals surface area contributed by atoms with Gasteiger partial charge in [-0.25, -0.2) is 19.4 Å². The zero-order valence-electron chi connectivity index (χ0n) is 84.0. The molecule has 0 bridgehead atoms. The number of carbonyl (C=O) groups excluding carboxylic acids is 13. The topological polar surface area (TPSA) is 510 Å². The molecule has 4 aromatic carbocycles. The summed E-state index contributed by atoms with van der Waals surface area (Å²) in [7, 11) is 4.33. The number of nitrogens with zero attached hydrogens (tertiary/aromatic N) is 5. The highest BCUT2D eigenvalue weighted by Gasteiger charge is 2.48. The van der Waals surface area contributed by atoms with Crippen molar-refractivity contribution in [2.45, 2.75) is 189 Å². The van der Waals surface area contributed by atoms with Gasteiger partial charge in [0, 0.05) is 87.7 Å². The number of hydrogen-bond donors (Lipinski definition) is 9. The molecule has 5 heterocycles. The lowest BCUT2D eigenvalue weighted by atomic mass is 9.94. The summed E-state index contributed by atoms with van der Waals surface area (Å²) >= 11 is 0. The van der Waals surface area contributed by atoms with Gasteiger partial charge in [0.05, 0.1) is 188 Å². The van der Waals surface area contributed by atoms with Gasteiger partial charge in [0.1, 0.15) is 37.4 Å². The third kappa shape index (κ3) is 35.2. The van der Waals surface area contributed by atoms with Crippen molar-refractivity contribution >= 4 is 99.9 Å². The number of aliphatic hydroxyl groups excluding tert-OH is 2. The first-order chi connectivity index (χ1) is 68.7. The van der Waals surface area contributed by atoms with Crippen LogP contribution in [0.15, 0.2) is 96.3 Å². The molecule has 143 heavy (non-hydrogen) atoms. The van der Waals surface area contributed by atoms with Crippen LogP contribution in [0, 0.1) is 23.7 Å². The molecule has 0 spiro atoms. The molecule has 0 radical (unpaired) electrons. The monoisotopic (exact) mass is 2010 g/mol. The molecule has 43 heteroatoms. The van der Waals surface area contributed by atoms with E-state index in [0.717, 1.165) is 20.9 Å². The van der Waals surface area contributed by atoms with Gasteiger partial charge in [-0.1, -0.05) is 77.0 Å². The molecule has 43 nitrogen and oxygen atoms in total. The number of methoxy groups -OCH3 is 3. The second-order valence-electron chi connectivity index (χ2n) is 35.8. The fourth-order valence-electron chi connectivity index (χ4n) is 15.8. The van der Waals surface area contributed by atoms with Gasteiger partial charge >= 0.3 is 12.2 Å². The SMILES string of the molecule is COCCOCCC(=O)N[C@H](C(=O)N[C@@H](C)C(=O)Nc1ccc(COC(=O)N2c3cc(OCCCCCOc4cc5c(cc4OC)C(=O)N4C=C(C)C[C@H]4[C@H](O)N5C(=O)OCc4ccc(NC(=O)C(C)NC(=O)[C@@H](NC(=O)CCOCCOCCOCCOCCOCCOCCOCCOCCNC(=O)CCN5C(=O)CC(C(C)C)C5=O)C(C)C)cc4)c(OC)cc3C(=O)N3C=C(C)C[C@H]3[C@@H]2O)cc1)C(C)C. The summed E-state index contributed by atoms with van der Waals surface area (Å²) in [5.41, 5.74) is 3.29.